The van der Waals surface area contributed by atoms with Crippen LogP contribution in [0.4, 0.5) is 0 Å². The molecule has 0 unspecified atom stereocenters. The molecule has 0 aromatic carbocycles. The molecule has 0 aliphatic heterocycles. The number of methoxy groups -OCH3 is 3. The molecule has 2 aliphatic carbocycles. The molecule has 1 fully saturated rings. The lowest BCUT2D eigenvalue weighted by atomic mass is 9.88. The van der Waals surface area contributed by atoms with Gasteiger partial charge in [-0.05, 0) is 6.42 Å². The number of hydrogen-bond acceptors (Lipinski definition) is 3. The van der Waals surface area contributed by atoms with Crippen molar-refractivity contribution in [2.24, 2.45) is 5.92 Å². The number of ether oxygens (including phenoxy) is 3. The molecule has 3 nitrogen and oxygen atoms in total. The Balaban J connectivity index is 2.42. The van der Waals surface area contributed by atoms with Crippen LogP contribution in [0.1, 0.15) is 12.8 Å². The third-order valence-corrected chi connectivity index (χ3v) is 6.84. The molecular weight excluding hydrogens is 358 g/mol. The molecule has 0 saturated heterocycles. The largest absolute Gasteiger partial charge is 0.372 e. The molecule has 1 saturated carbocycles. The van der Waals surface area contributed by atoms with Crippen molar-refractivity contribution in [3.05, 3.63) is 10.1 Å². The highest BCUT2D eigenvalue weighted by Crippen LogP contribution is 2.72. The van der Waals surface area contributed by atoms with E-state index in [1.165, 1.54) is 14.2 Å². The summed E-state index contributed by atoms with van der Waals surface area (Å²) >= 11 is 26.2. The summed E-state index contributed by atoms with van der Waals surface area (Å²) in [6, 6.07) is 0. The lowest BCUT2D eigenvalue weighted by molar-refractivity contribution is -0.218. The molecule has 21 heavy (non-hydrogen) atoms. The lowest BCUT2D eigenvalue weighted by Crippen LogP contribution is -2.56. The van der Waals surface area contributed by atoms with Crippen LogP contribution in [0.2, 0.25) is 0 Å². The van der Waals surface area contributed by atoms with Crippen molar-refractivity contribution in [3.8, 4) is 11.8 Å². The molecule has 2 aliphatic rings. The predicted molar refractivity (Wildman–Crippen MR) is 85.0 cm³/mol. The second kappa shape index (κ2) is 6.09. The topological polar surface area (TPSA) is 27.7 Å². The van der Waals surface area contributed by atoms with Gasteiger partial charge in [-0.15, -0.1) is 29.1 Å². The van der Waals surface area contributed by atoms with Crippen molar-refractivity contribution in [2.75, 3.05) is 27.9 Å². The third-order valence-electron chi connectivity index (χ3n) is 4.22. The Bertz CT molecular complexity index is 520. The van der Waals surface area contributed by atoms with E-state index in [0.717, 1.165) is 0 Å². The van der Waals surface area contributed by atoms with Gasteiger partial charge in [0.1, 0.15) is 16.4 Å². The first-order chi connectivity index (χ1) is 9.85. The Morgan fingerprint density at radius 3 is 2.19 bits per heavy atom. The summed E-state index contributed by atoms with van der Waals surface area (Å²) in [7, 11) is 4.55. The Hall–Kier alpha value is 0.340. The third kappa shape index (κ3) is 2.08. The number of halogens is 4. The molecule has 0 N–H and O–H groups in total. The van der Waals surface area contributed by atoms with Crippen molar-refractivity contribution >= 4 is 46.4 Å². The zero-order valence-corrected chi connectivity index (χ0v) is 15.0. The fourth-order valence-corrected chi connectivity index (χ4v) is 5.38. The first kappa shape index (κ1) is 17.7. The van der Waals surface area contributed by atoms with Crippen LogP contribution in [0.15, 0.2) is 10.1 Å². The Labute approximate surface area is 144 Å². The molecule has 0 radical (unpaired) electrons. The van der Waals surface area contributed by atoms with E-state index in [2.05, 4.69) is 11.8 Å². The zero-order valence-electron chi connectivity index (χ0n) is 11.9. The summed E-state index contributed by atoms with van der Waals surface area (Å²) in [5.41, 5.74) is 0. The van der Waals surface area contributed by atoms with E-state index in [9.17, 15) is 0 Å². The highest BCUT2D eigenvalue weighted by molar-refractivity contribution is 6.51. The molecule has 2 bridgehead atoms. The van der Waals surface area contributed by atoms with Gasteiger partial charge in [-0.3, -0.25) is 0 Å². The summed E-state index contributed by atoms with van der Waals surface area (Å²) in [4.78, 5) is -2.26. The fraction of sp³-hybridized carbons (Fsp3) is 0.714. The SMILES string of the molecule is COCC#CC[C@@H]1C[C@]2(Cl)C(Cl)=C(Cl)[C@@]1(Cl)C2(OC)OC. The Morgan fingerprint density at radius 1 is 1.10 bits per heavy atom. The summed E-state index contributed by atoms with van der Waals surface area (Å²) in [5.74, 6) is 4.46. The van der Waals surface area contributed by atoms with Gasteiger partial charge < -0.3 is 14.2 Å². The van der Waals surface area contributed by atoms with E-state index in [1.807, 2.05) is 0 Å². The number of rotatable bonds is 4. The van der Waals surface area contributed by atoms with Crippen LogP contribution in [0.3, 0.4) is 0 Å². The van der Waals surface area contributed by atoms with E-state index in [4.69, 9.17) is 60.6 Å². The molecule has 3 atom stereocenters. The van der Waals surface area contributed by atoms with Crippen LogP contribution in [-0.4, -0.2) is 43.5 Å². The lowest BCUT2D eigenvalue weighted by Gasteiger charge is -2.41. The van der Waals surface area contributed by atoms with Gasteiger partial charge in [0, 0.05) is 33.7 Å². The van der Waals surface area contributed by atoms with Gasteiger partial charge in [0.2, 0.25) is 5.79 Å². The minimum absolute atomic E-state index is 0.143. The minimum atomic E-state index is -1.31. The molecule has 0 spiro atoms. The molecule has 0 heterocycles. The standard InChI is InChI=1S/C14H16Cl4O3/c1-19-7-5-4-6-9-8-12(17)10(15)11(16)13(9,18)14(12,20-2)21-3/h9H,6-8H2,1-3H3/t9-,12+,13-/m1/s1. The fourth-order valence-electron chi connectivity index (χ4n) is 3.30. The summed E-state index contributed by atoms with van der Waals surface area (Å²) in [6.07, 6.45) is 0.965. The number of fused-ring (bicyclic) bond motifs is 2. The monoisotopic (exact) mass is 372 g/mol. The van der Waals surface area contributed by atoms with E-state index < -0.39 is 15.5 Å². The quantitative estimate of drug-likeness (QED) is 0.427. The van der Waals surface area contributed by atoms with Gasteiger partial charge >= 0.3 is 0 Å². The highest BCUT2D eigenvalue weighted by Gasteiger charge is 2.80. The predicted octanol–water partition coefficient (Wildman–Crippen LogP) is 3.69. The molecule has 118 valence electrons. The van der Waals surface area contributed by atoms with Crippen molar-refractivity contribution < 1.29 is 14.2 Å². The second-order valence-electron chi connectivity index (χ2n) is 5.06. The van der Waals surface area contributed by atoms with Crippen LogP contribution < -0.4 is 0 Å². The van der Waals surface area contributed by atoms with Crippen LogP contribution in [0.25, 0.3) is 0 Å². The van der Waals surface area contributed by atoms with Crippen LogP contribution in [-0.2, 0) is 14.2 Å². The average Bonchev–Trinajstić information content (AvgIpc) is 2.74. The first-order valence-corrected chi connectivity index (χ1v) is 7.86. The summed E-state index contributed by atoms with van der Waals surface area (Å²) in [5, 5.41) is 0.556. The minimum Gasteiger partial charge on any atom is -0.372 e. The van der Waals surface area contributed by atoms with Gasteiger partial charge in [0.25, 0.3) is 0 Å². The maximum atomic E-state index is 6.83. The molecule has 0 amide bonds. The van der Waals surface area contributed by atoms with Gasteiger partial charge in [-0.2, -0.15) is 0 Å². The first-order valence-electron chi connectivity index (χ1n) is 6.34. The second-order valence-corrected chi connectivity index (χ2v) is 7.05. The smallest absolute Gasteiger partial charge is 0.217 e. The van der Waals surface area contributed by atoms with Crippen LogP contribution in [0, 0.1) is 17.8 Å². The van der Waals surface area contributed by atoms with Gasteiger partial charge in [-0.25, -0.2) is 0 Å². The normalized spacial score (nSPS) is 36.8. The van der Waals surface area contributed by atoms with Crippen LogP contribution >= 0.6 is 46.4 Å². The van der Waals surface area contributed by atoms with Crippen molar-refractivity contribution in [1.29, 1.82) is 0 Å². The van der Waals surface area contributed by atoms with Gasteiger partial charge in [0.05, 0.1) is 10.1 Å². The van der Waals surface area contributed by atoms with E-state index in [0.29, 0.717) is 19.4 Å². The van der Waals surface area contributed by atoms with E-state index in [-0.39, 0.29) is 16.0 Å². The summed E-state index contributed by atoms with van der Waals surface area (Å²) in [6.45, 7) is 0.359. The zero-order chi connectivity index (χ0) is 15.9. The van der Waals surface area contributed by atoms with Crippen molar-refractivity contribution in [1.82, 2.24) is 0 Å². The molecule has 7 heteroatoms. The maximum absolute atomic E-state index is 6.83. The number of alkyl halides is 2. The van der Waals surface area contributed by atoms with E-state index >= 15 is 0 Å². The van der Waals surface area contributed by atoms with Crippen LogP contribution in [0.5, 0.6) is 0 Å². The molecular formula is C14H16Cl4O3. The van der Waals surface area contributed by atoms with E-state index in [1.54, 1.807) is 7.11 Å². The van der Waals surface area contributed by atoms with Crippen molar-refractivity contribution in [3.63, 3.8) is 0 Å². The molecule has 2 rings (SSSR count). The summed E-state index contributed by atoms with van der Waals surface area (Å²) < 4.78 is 16.0. The average molecular weight is 374 g/mol. The van der Waals surface area contributed by atoms with Crippen molar-refractivity contribution in [2.45, 2.75) is 28.4 Å². The molecule has 0 aromatic heterocycles. The maximum Gasteiger partial charge on any atom is 0.217 e. The van der Waals surface area contributed by atoms with Gasteiger partial charge in [0.15, 0.2) is 0 Å². The highest BCUT2D eigenvalue weighted by atomic mass is 35.5. The van der Waals surface area contributed by atoms with Gasteiger partial charge in [-0.1, -0.05) is 29.1 Å². The Kier molecular flexibility index (Phi) is 5.13. The molecule has 0 aromatic rings. The Morgan fingerprint density at radius 2 is 1.71 bits per heavy atom. The number of hydrogen-bond donors (Lipinski definition) is 0.